The number of hydrogen-bond acceptors (Lipinski definition) is 3. The van der Waals surface area contributed by atoms with Crippen LogP contribution in [-0.2, 0) is 22.6 Å². The number of amides is 2. The van der Waals surface area contributed by atoms with Crippen molar-refractivity contribution in [2.24, 2.45) is 0 Å². The predicted octanol–water partition coefficient (Wildman–Crippen LogP) is 1.71. The van der Waals surface area contributed by atoms with E-state index in [9.17, 15) is 18.4 Å². The molecular formula is C15H14F2N4O2. The third-order valence-corrected chi connectivity index (χ3v) is 3.56. The van der Waals surface area contributed by atoms with Crippen LogP contribution in [0.3, 0.4) is 0 Å². The summed E-state index contributed by atoms with van der Waals surface area (Å²) >= 11 is 0. The zero-order chi connectivity index (χ0) is 16.6. The summed E-state index contributed by atoms with van der Waals surface area (Å²) in [5.74, 6) is -3.03. The van der Waals surface area contributed by atoms with Crippen LogP contribution in [0.1, 0.15) is 12.6 Å². The number of hydrogen-bond donors (Lipinski definition) is 1. The number of nitrogens with zero attached hydrogens (tertiary/aromatic N) is 3. The molecule has 1 aromatic carbocycles. The summed E-state index contributed by atoms with van der Waals surface area (Å²) in [5.41, 5.74) is 0.767. The summed E-state index contributed by atoms with van der Waals surface area (Å²) in [5, 5.41) is 6.64. The second-order valence-electron chi connectivity index (χ2n) is 5.15. The van der Waals surface area contributed by atoms with Crippen molar-refractivity contribution in [3.05, 3.63) is 41.7 Å². The van der Waals surface area contributed by atoms with Crippen LogP contribution in [0.2, 0.25) is 0 Å². The first-order chi connectivity index (χ1) is 11.0. The number of halogens is 2. The van der Waals surface area contributed by atoms with E-state index >= 15 is 0 Å². The van der Waals surface area contributed by atoms with Gasteiger partial charge in [-0.25, -0.2) is 8.78 Å². The molecule has 23 heavy (non-hydrogen) atoms. The van der Waals surface area contributed by atoms with E-state index in [1.807, 2.05) is 6.92 Å². The lowest BCUT2D eigenvalue weighted by molar-refractivity contribution is -0.121. The van der Waals surface area contributed by atoms with Crippen molar-refractivity contribution in [2.45, 2.75) is 19.9 Å². The molecule has 0 bridgehead atoms. The summed E-state index contributed by atoms with van der Waals surface area (Å²) < 4.78 is 28.5. The highest BCUT2D eigenvalue weighted by Crippen LogP contribution is 2.32. The van der Waals surface area contributed by atoms with E-state index in [1.165, 1.54) is 0 Å². The highest BCUT2D eigenvalue weighted by molar-refractivity contribution is 6.10. The molecule has 0 saturated carbocycles. The van der Waals surface area contributed by atoms with Crippen LogP contribution < -0.4 is 10.2 Å². The topological polar surface area (TPSA) is 67.2 Å². The van der Waals surface area contributed by atoms with Crippen LogP contribution in [-0.4, -0.2) is 28.1 Å². The van der Waals surface area contributed by atoms with Crippen molar-refractivity contribution in [2.75, 3.05) is 16.8 Å². The number of nitrogens with one attached hydrogen (secondary N) is 1. The summed E-state index contributed by atoms with van der Waals surface area (Å²) in [6, 6.07) is 3.48. The minimum atomic E-state index is -1.08. The largest absolute Gasteiger partial charge is 0.323 e. The second kappa shape index (κ2) is 5.79. The highest BCUT2D eigenvalue weighted by atomic mass is 19.2. The van der Waals surface area contributed by atoms with Crippen molar-refractivity contribution in [1.82, 2.24) is 9.78 Å². The molecule has 6 nitrogen and oxygen atoms in total. The smallest absolute Gasteiger partial charge is 0.244 e. The Balaban J connectivity index is 1.89. The maximum atomic E-state index is 13.5. The average molecular weight is 320 g/mol. The van der Waals surface area contributed by atoms with E-state index in [0.29, 0.717) is 12.2 Å². The number of carbonyl (C=O) groups excluding carboxylic acids is 2. The molecule has 0 fully saturated rings. The molecule has 0 spiro atoms. The van der Waals surface area contributed by atoms with Gasteiger partial charge in [-0.15, -0.1) is 0 Å². The lowest BCUT2D eigenvalue weighted by Crippen LogP contribution is -2.43. The number of aromatic nitrogens is 2. The number of aryl methyl sites for hydroxylation is 1. The van der Waals surface area contributed by atoms with Gasteiger partial charge in [0, 0.05) is 24.9 Å². The maximum absolute atomic E-state index is 13.5. The molecule has 1 N–H and O–H groups in total. The van der Waals surface area contributed by atoms with Crippen molar-refractivity contribution >= 4 is 23.2 Å². The Hall–Kier alpha value is -2.77. The molecule has 0 aliphatic carbocycles. The maximum Gasteiger partial charge on any atom is 0.244 e. The van der Waals surface area contributed by atoms with Gasteiger partial charge in [-0.2, -0.15) is 5.10 Å². The first-order valence-corrected chi connectivity index (χ1v) is 7.09. The van der Waals surface area contributed by atoms with Gasteiger partial charge in [-0.1, -0.05) is 0 Å². The highest BCUT2D eigenvalue weighted by Gasteiger charge is 2.28. The molecule has 1 aliphatic heterocycles. The van der Waals surface area contributed by atoms with Crippen LogP contribution in [0.4, 0.5) is 20.2 Å². The van der Waals surface area contributed by atoms with E-state index in [2.05, 4.69) is 10.4 Å². The molecule has 2 amide bonds. The van der Waals surface area contributed by atoms with Gasteiger partial charge in [0.15, 0.2) is 11.6 Å². The van der Waals surface area contributed by atoms with Crippen LogP contribution in [0, 0.1) is 11.6 Å². The van der Waals surface area contributed by atoms with Gasteiger partial charge in [-0.3, -0.25) is 14.3 Å². The van der Waals surface area contributed by atoms with Crippen LogP contribution in [0.15, 0.2) is 24.4 Å². The van der Waals surface area contributed by atoms with Gasteiger partial charge in [0.05, 0.1) is 23.5 Å². The first-order valence-electron chi connectivity index (χ1n) is 7.09. The quantitative estimate of drug-likeness (QED) is 0.936. The molecule has 2 aromatic rings. The van der Waals surface area contributed by atoms with Crippen molar-refractivity contribution in [3.8, 4) is 0 Å². The van der Waals surface area contributed by atoms with Gasteiger partial charge in [0.25, 0.3) is 0 Å². The second-order valence-corrected chi connectivity index (χ2v) is 5.15. The average Bonchev–Trinajstić information content (AvgIpc) is 2.95. The van der Waals surface area contributed by atoms with Crippen LogP contribution in [0.5, 0.6) is 0 Å². The lowest BCUT2D eigenvalue weighted by Gasteiger charge is -2.29. The third-order valence-electron chi connectivity index (χ3n) is 3.56. The molecule has 8 heteroatoms. The lowest BCUT2D eigenvalue weighted by atomic mass is 10.1. The fourth-order valence-corrected chi connectivity index (χ4v) is 2.43. The van der Waals surface area contributed by atoms with Gasteiger partial charge in [0.1, 0.15) is 6.54 Å². The molecule has 0 unspecified atom stereocenters. The molecule has 1 aliphatic rings. The number of carbonyl (C=O) groups is 2. The standard InChI is InChI=1S/C15H14F2N4O2/c1-2-20-4-3-9(19-20)5-15(23)21-8-14(22)18-12-6-10(16)11(17)7-13(12)21/h3-4,6-7H,2,5,8H2,1H3,(H,18,22). The molecule has 0 atom stereocenters. The third kappa shape index (κ3) is 2.92. The Morgan fingerprint density at radius 2 is 2.09 bits per heavy atom. The van der Waals surface area contributed by atoms with Crippen molar-refractivity contribution in [3.63, 3.8) is 0 Å². The van der Waals surface area contributed by atoms with Crippen molar-refractivity contribution in [1.29, 1.82) is 0 Å². The molecular weight excluding hydrogens is 306 g/mol. The zero-order valence-corrected chi connectivity index (χ0v) is 12.3. The van der Waals surface area contributed by atoms with Crippen LogP contribution in [0.25, 0.3) is 0 Å². The van der Waals surface area contributed by atoms with Gasteiger partial charge in [0.2, 0.25) is 11.8 Å². The predicted molar refractivity (Wildman–Crippen MR) is 78.9 cm³/mol. The van der Waals surface area contributed by atoms with Crippen LogP contribution >= 0.6 is 0 Å². The normalized spacial score (nSPS) is 13.7. The molecule has 0 radical (unpaired) electrons. The van der Waals surface area contributed by atoms with Gasteiger partial charge < -0.3 is 10.2 Å². The fraction of sp³-hybridized carbons (Fsp3) is 0.267. The number of rotatable bonds is 3. The number of benzene rings is 1. The van der Waals surface area contributed by atoms with E-state index in [-0.39, 0.29) is 24.3 Å². The Kier molecular flexibility index (Phi) is 3.81. The monoisotopic (exact) mass is 320 g/mol. The van der Waals surface area contributed by atoms with Crippen molar-refractivity contribution < 1.29 is 18.4 Å². The molecule has 120 valence electrons. The Bertz CT molecular complexity index is 788. The number of anilines is 2. The SMILES string of the molecule is CCn1ccc(CC(=O)N2CC(=O)Nc3cc(F)c(F)cc32)n1. The Labute approximate surface area is 130 Å². The first kappa shape index (κ1) is 15.1. The molecule has 0 saturated heterocycles. The van der Waals surface area contributed by atoms with E-state index in [0.717, 1.165) is 17.0 Å². The summed E-state index contributed by atoms with van der Waals surface area (Å²) in [6.45, 7) is 2.35. The summed E-state index contributed by atoms with van der Waals surface area (Å²) in [4.78, 5) is 25.3. The minimum absolute atomic E-state index is 0.0291. The Morgan fingerprint density at radius 1 is 1.35 bits per heavy atom. The van der Waals surface area contributed by atoms with E-state index < -0.39 is 23.4 Å². The summed E-state index contributed by atoms with van der Waals surface area (Å²) in [7, 11) is 0. The van der Waals surface area contributed by atoms with E-state index in [4.69, 9.17) is 0 Å². The molecule has 2 heterocycles. The molecule has 1 aromatic heterocycles. The Morgan fingerprint density at radius 3 is 2.78 bits per heavy atom. The van der Waals surface area contributed by atoms with Gasteiger partial charge in [-0.05, 0) is 13.0 Å². The van der Waals surface area contributed by atoms with E-state index in [1.54, 1.807) is 16.9 Å². The zero-order valence-electron chi connectivity index (χ0n) is 12.3. The number of fused-ring (bicyclic) bond motifs is 1. The van der Waals surface area contributed by atoms with Gasteiger partial charge >= 0.3 is 0 Å². The molecule has 3 rings (SSSR count). The summed E-state index contributed by atoms with van der Waals surface area (Å²) in [6.07, 6.45) is 1.72. The minimum Gasteiger partial charge on any atom is -0.323 e. The fourth-order valence-electron chi connectivity index (χ4n) is 2.43.